The van der Waals surface area contributed by atoms with Crippen LogP contribution in [-0.4, -0.2) is 0 Å². The molecule has 0 saturated carbocycles. The highest BCUT2D eigenvalue weighted by Crippen LogP contribution is 2.22. The monoisotopic (exact) mass is 210 g/mol. The molecule has 0 amide bonds. The fourth-order valence-electron chi connectivity index (χ4n) is 1.34. The van der Waals surface area contributed by atoms with Crippen molar-refractivity contribution in [3.05, 3.63) is 53.9 Å². The molecule has 0 N–H and O–H groups in total. The van der Waals surface area contributed by atoms with Crippen LogP contribution in [0.1, 0.15) is 18.1 Å². The van der Waals surface area contributed by atoms with Gasteiger partial charge in [0.1, 0.15) is 5.82 Å². The maximum Gasteiger partial charge on any atom is 0.123 e. The molecule has 0 heterocycles. The lowest BCUT2D eigenvalue weighted by Gasteiger charge is -2.07. The summed E-state index contributed by atoms with van der Waals surface area (Å²) in [6.45, 7) is 5.62. The van der Waals surface area contributed by atoms with Crippen molar-refractivity contribution in [2.75, 3.05) is 0 Å². The summed E-state index contributed by atoms with van der Waals surface area (Å²) in [5.41, 5.74) is 2.71. The molecule has 1 rings (SSSR count). The summed E-state index contributed by atoms with van der Waals surface area (Å²) >= 11 is 5.73. The molecule has 0 fully saturated rings. The Morgan fingerprint density at radius 1 is 1.57 bits per heavy atom. The SMILES string of the molecule is C=C/C(=C\C)c1ccc(F)cc1CCl. The van der Waals surface area contributed by atoms with Gasteiger partial charge in [-0.1, -0.05) is 24.8 Å². The normalized spacial score (nSPS) is 11.5. The minimum absolute atomic E-state index is 0.260. The molecule has 0 radical (unpaired) electrons. The minimum Gasteiger partial charge on any atom is -0.207 e. The van der Waals surface area contributed by atoms with Crippen LogP contribution in [0.5, 0.6) is 0 Å². The van der Waals surface area contributed by atoms with Crippen molar-refractivity contribution in [2.45, 2.75) is 12.8 Å². The van der Waals surface area contributed by atoms with Gasteiger partial charge in [0, 0.05) is 5.88 Å². The van der Waals surface area contributed by atoms with Crippen LogP contribution in [0.2, 0.25) is 0 Å². The summed E-state index contributed by atoms with van der Waals surface area (Å²) in [5, 5.41) is 0. The van der Waals surface area contributed by atoms with Gasteiger partial charge in [-0.05, 0) is 35.8 Å². The lowest BCUT2D eigenvalue weighted by molar-refractivity contribution is 0.626. The summed E-state index contributed by atoms with van der Waals surface area (Å²) < 4.78 is 12.9. The molecule has 0 nitrogen and oxygen atoms in total. The van der Waals surface area contributed by atoms with E-state index in [0.29, 0.717) is 5.88 Å². The Morgan fingerprint density at radius 3 is 2.79 bits per heavy atom. The molecule has 0 aromatic heterocycles. The van der Waals surface area contributed by atoms with Crippen LogP contribution in [0.3, 0.4) is 0 Å². The zero-order valence-corrected chi connectivity index (χ0v) is 8.81. The highest BCUT2D eigenvalue weighted by atomic mass is 35.5. The highest BCUT2D eigenvalue weighted by Gasteiger charge is 2.04. The maximum absolute atomic E-state index is 12.9. The molecule has 0 atom stereocenters. The quantitative estimate of drug-likeness (QED) is 0.519. The molecule has 2 heteroatoms. The molecular formula is C12H12ClF. The van der Waals surface area contributed by atoms with Gasteiger partial charge in [-0.15, -0.1) is 11.6 Å². The fourth-order valence-corrected chi connectivity index (χ4v) is 1.56. The summed E-state index contributed by atoms with van der Waals surface area (Å²) in [6, 6.07) is 4.61. The molecule has 0 saturated heterocycles. The number of allylic oxidation sites excluding steroid dienone is 3. The second-order valence-corrected chi connectivity index (χ2v) is 3.15. The van der Waals surface area contributed by atoms with Crippen molar-refractivity contribution in [1.29, 1.82) is 0 Å². The maximum atomic E-state index is 12.9. The van der Waals surface area contributed by atoms with Crippen LogP contribution >= 0.6 is 11.6 Å². The van der Waals surface area contributed by atoms with Gasteiger partial charge >= 0.3 is 0 Å². The van der Waals surface area contributed by atoms with Crippen LogP contribution in [0.25, 0.3) is 5.57 Å². The van der Waals surface area contributed by atoms with Crippen molar-refractivity contribution >= 4 is 17.2 Å². The van der Waals surface area contributed by atoms with E-state index >= 15 is 0 Å². The predicted molar refractivity (Wildman–Crippen MR) is 59.8 cm³/mol. The Bertz CT molecular complexity index is 367. The smallest absolute Gasteiger partial charge is 0.123 e. The molecule has 0 aliphatic rings. The van der Waals surface area contributed by atoms with Crippen LogP contribution in [0.4, 0.5) is 4.39 Å². The van der Waals surface area contributed by atoms with Gasteiger partial charge in [-0.2, -0.15) is 0 Å². The number of halogens is 2. The second kappa shape index (κ2) is 4.97. The third-order valence-corrected chi connectivity index (χ3v) is 2.34. The molecule has 0 bridgehead atoms. The third kappa shape index (κ3) is 2.24. The second-order valence-electron chi connectivity index (χ2n) is 2.88. The molecule has 0 unspecified atom stereocenters. The molecule has 0 aliphatic carbocycles. The van der Waals surface area contributed by atoms with Gasteiger partial charge in [0.2, 0.25) is 0 Å². The van der Waals surface area contributed by atoms with Crippen LogP contribution in [0.15, 0.2) is 36.9 Å². The molecule has 1 aromatic rings. The van der Waals surface area contributed by atoms with Gasteiger partial charge in [0.25, 0.3) is 0 Å². The van der Waals surface area contributed by atoms with E-state index in [9.17, 15) is 4.39 Å². The number of benzene rings is 1. The van der Waals surface area contributed by atoms with Gasteiger partial charge in [-0.3, -0.25) is 0 Å². The van der Waals surface area contributed by atoms with Crippen molar-refractivity contribution in [1.82, 2.24) is 0 Å². The first kappa shape index (κ1) is 11.0. The van der Waals surface area contributed by atoms with E-state index in [1.165, 1.54) is 12.1 Å². The van der Waals surface area contributed by atoms with Crippen molar-refractivity contribution in [3.63, 3.8) is 0 Å². The average molecular weight is 211 g/mol. The molecule has 14 heavy (non-hydrogen) atoms. The van der Waals surface area contributed by atoms with Gasteiger partial charge in [-0.25, -0.2) is 4.39 Å². The van der Waals surface area contributed by atoms with Crippen LogP contribution in [0, 0.1) is 5.82 Å². The van der Waals surface area contributed by atoms with E-state index in [-0.39, 0.29) is 5.82 Å². The highest BCUT2D eigenvalue weighted by molar-refractivity contribution is 6.17. The van der Waals surface area contributed by atoms with Crippen molar-refractivity contribution in [3.8, 4) is 0 Å². The first-order chi connectivity index (χ1) is 6.72. The molecular weight excluding hydrogens is 199 g/mol. The molecule has 0 spiro atoms. The molecule has 74 valence electrons. The fraction of sp³-hybridized carbons (Fsp3) is 0.167. The zero-order valence-electron chi connectivity index (χ0n) is 8.06. The first-order valence-electron chi connectivity index (χ1n) is 4.36. The largest absolute Gasteiger partial charge is 0.207 e. The van der Waals surface area contributed by atoms with Crippen molar-refractivity contribution < 1.29 is 4.39 Å². The number of hydrogen-bond donors (Lipinski definition) is 0. The van der Waals surface area contributed by atoms with E-state index in [1.807, 2.05) is 13.0 Å². The van der Waals surface area contributed by atoms with E-state index in [1.54, 1.807) is 12.1 Å². The average Bonchev–Trinajstić information content (AvgIpc) is 2.21. The Morgan fingerprint density at radius 2 is 2.29 bits per heavy atom. The summed E-state index contributed by atoms with van der Waals surface area (Å²) in [5.74, 6) is 0.0436. The van der Waals surface area contributed by atoms with Crippen LogP contribution < -0.4 is 0 Å². The van der Waals surface area contributed by atoms with Crippen molar-refractivity contribution in [2.24, 2.45) is 0 Å². The predicted octanol–water partition coefficient (Wildman–Crippen LogP) is 4.15. The Labute approximate surface area is 88.7 Å². The topological polar surface area (TPSA) is 0 Å². The molecule has 0 aliphatic heterocycles. The van der Waals surface area contributed by atoms with E-state index in [4.69, 9.17) is 11.6 Å². The zero-order chi connectivity index (χ0) is 10.6. The lowest BCUT2D eigenvalue weighted by Crippen LogP contribution is -1.90. The van der Waals surface area contributed by atoms with Gasteiger partial charge in [0.15, 0.2) is 0 Å². The lowest BCUT2D eigenvalue weighted by atomic mass is 10.0. The van der Waals surface area contributed by atoms with E-state index in [2.05, 4.69) is 6.58 Å². The summed E-state index contributed by atoms with van der Waals surface area (Å²) in [6.07, 6.45) is 3.67. The Kier molecular flexibility index (Phi) is 3.90. The first-order valence-corrected chi connectivity index (χ1v) is 4.90. The number of hydrogen-bond acceptors (Lipinski definition) is 0. The minimum atomic E-state index is -0.260. The number of rotatable bonds is 3. The Hall–Kier alpha value is -1.08. The summed E-state index contributed by atoms with van der Waals surface area (Å²) in [4.78, 5) is 0. The Balaban J connectivity index is 3.26. The third-order valence-electron chi connectivity index (χ3n) is 2.05. The standard InChI is InChI=1S/C12H12ClF/c1-3-9(4-2)12-6-5-11(14)7-10(12)8-13/h3-7H,1,8H2,2H3/b9-4+. The van der Waals surface area contributed by atoms with E-state index < -0.39 is 0 Å². The van der Waals surface area contributed by atoms with Crippen LogP contribution in [-0.2, 0) is 5.88 Å². The molecule has 1 aromatic carbocycles. The summed E-state index contributed by atoms with van der Waals surface area (Å²) in [7, 11) is 0. The van der Waals surface area contributed by atoms with E-state index in [0.717, 1.165) is 16.7 Å². The van der Waals surface area contributed by atoms with Gasteiger partial charge in [0.05, 0.1) is 0 Å². The van der Waals surface area contributed by atoms with Gasteiger partial charge < -0.3 is 0 Å². The number of alkyl halides is 1.